The van der Waals surface area contributed by atoms with Gasteiger partial charge < -0.3 is 4.90 Å². The summed E-state index contributed by atoms with van der Waals surface area (Å²) in [4.78, 5) is 21.5. The van der Waals surface area contributed by atoms with Gasteiger partial charge in [-0.1, -0.05) is 25.8 Å². The van der Waals surface area contributed by atoms with Gasteiger partial charge in [-0.15, -0.1) is 0 Å². The predicted molar refractivity (Wildman–Crippen MR) is 114 cm³/mol. The number of pyridine rings is 1. The van der Waals surface area contributed by atoms with Gasteiger partial charge in [0, 0.05) is 26.3 Å². The number of nitrogens with zero attached hydrogens (tertiary/aromatic N) is 3. The maximum atomic E-state index is 13.3. The Labute approximate surface area is 170 Å². The first-order chi connectivity index (χ1) is 13.6. The summed E-state index contributed by atoms with van der Waals surface area (Å²) in [6, 6.07) is 5.87. The molecule has 1 aromatic heterocycles. The summed E-state index contributed by atoms with van der Waals surface area (Å²) >= 11 is 0. The van der Waals surface area contributed by atoms with Gasteiger partial charge in [0.05, 0.1) is 0 Å². The number of rotatable bonds is 8. The van der Waals surface area contributed by atoms with Gasteiger partial charge >= 0.3 is 6.03 Å². The number of amides is 2. The van der Waals surface area contributed by atoms with Gasteiger partial charge in [-0.05, 0) is 86.7 Å². The summed E-state index contributed by atoms with van der Waals surface area (Å²) in [5, 5.41) is 0. The molecule has 0 atom stereocenters. The van der Waals surface area contributed by atoms with Gasteiger partial charge in [0.25, 0.3) is 0 Å². The number of hydrogen-bond acceptors (Lipinski definition) is 2. The zero-order valence-corrected chi connectivity index (χ0v) is 17.8. The van der Waals surface area contributed by atoms with Gasteiger partial charge in [0.2, 0.25) is 0 Å². The number of carbonyl (C=O) groups excluding carboxylic acids is 1. The zero-order chi connectivity index (χ0) is 19.6. The Kier molecular flexibility index (Phi) is 5.93. The molecule has 1 heterocycles. The molecule has 2 amide bonds. The Morgan fingerprint density at radius 2 is 1.75 bits per heavy atom. The molecule has 0 saturated heterocycles. The van der Waals surface area contributed by atoms with Crippen molar-refractivity contribution in [2.75, 3.05) is 25.0 Å². The lowest BCUT2D eigenvalue weighted by molar-refractivity contribution is -0.0595. The molecule has 0 spiro atoms. The minimum atomic E-state index is 0.111. The molecule has 0 radical (unpaired) electrons. The fraction of sp³-hybridized carbons (Fsp3) is 0.750. The second-order valence-corrected chi connectivity index (χ2v) is 9.89. The Morgan fingerprint density at radius 3 is 2.32 bits per heavy atom. The van der Waals surface area contributed by atoms with Crippen LogP contribution in [-0.4, -0.2) is 36.1 Å². The van der Waals surface area contributed by atoms with Crippen molar-refractivity contribution in [3.05, 3.63) is 24.4 Å². The van der Waals surface area contributed by atoms with E-state index in [0.29, 0.717) is 5.41 Å². The highest BCUT2D eigenvalue weighted by molar-refractivity contribution is 5.90. The molecule has 4 nitrogen and oxygen atoms in total. The van der Waals surface area contributed by atoms with Gasteiger partial charge in [0.1, 0.15) is 5.82 Å². The summed E-state index contributed by atoms with van der Waals surface area (Å²) in [5.41, 5.74) is 0.529. The quantitative estimate of drug-likeness (QED) is 0.537. The number of aromatic nitrogens is 1. The third-order valence-corrected chi connectivity index (χ3v) is 7.66. The lowest BCUT2D eigenvalue weighted by Crippen LogP contribution is -2.49. The Bertz CT molecular complexity index is 624. The third-order valence-electron chi connectivity index (χ3n) is 7.66. The van der Waals surface area contributed by atoms with Crippen molar-refractivity contribution in [1.82, 2.24) is 9.88 Å². The highest BCUT2D eigenvalue weighted by Crippen LogP contribution is 2.61. The van der Waals surface area contributed by atoms with E-state index in [1.54, 1.807) is 11.1 Å². The van der Waals surface area contributed by atoms with E-state index in [0.717, 1.165) is 43.1 Å². The number of unbranched alkanes of at least 4 members (excludes halogenated alkanes) is 2. The minimum Gasteiger partial charge on any atom is -0.324 e. The topological polar surface area (TPSA) is 36.4 Å². The van der Waals surface area contributed by atoms with Gasteiger partial charge in [-0.2, -0.15) is 0 Å². The van der Waals surface area contributed by atoms with E-state index >= 15 is 0 Å². The molecule has 0 unspecified atom stereocenters. The highest BCUT2D eigenvalue weighted by atomic mass is 16.2. The number of carbonyl (C=O) groups is 1. The van der Waals surface area contributed by atoms with E-state index < -0.39 is 0 Å². The lowest BCUT2D eigenvalue weighted by atomic mass is 9.49. The maximum Gasteiger partial charge on any atom is 0.325 e. The Morgan fingerprint density at radius 1 is 1.07 bits per heavy atom. The number of hydrogen-bond donors (Lipinski definition) is 0. The first-order valence-corrected chi connectivity index (χ1v) is 11.5. The van der Waals surface area contributed by atoms with Gasteiger partial charge in [-0.25, -0.2) is 9.78 Å². The molecule has 0 aromatic carbocycles. The fourth-order valence-corrected chi connectivity index (χ4v) is 6.69. The van der Waals surface area contributed by atoms with Gasteiger partial charge in [-0.3, -0.25) is 4.90 Å². The van der Waals surface area contributed by atoms with Crippen molar-refractivity contribution in [3.63, 3.8) is 0 Å². The molecule has 4 aliphatic rings. The van der Waals surface area contributed by atoms with E-state index in [-0.39, 0.29) is 6.03 Å². The fourth-order valence-electron chi connectivity index (χ4n) is 6.69. The largest absolute Gasteiger partial charge is 0.325 e. The van der Waals surface area contributed by atoms with E-state index in [4.69, 9.17) is 0 Å². The van der Waals surface area contributed by atoms with E-state index in [9.17, 15) is 4.79 Å². The van der Waals surface area contributed by atoms with Crippen LogP contribution in [0.1, 0.15) is 71.1 Å². The summed E-state index contributed by atoms with van der Waals surface area (Å²) in [5.74, 6) is 3.67. The molecule has 1 aromatic rings. The first-order valence-electron chi connectivity index (χ1n) is 11.5. The normalized spacial score (nSPS) is 30.4. The Hall–Kier alpha value is -1.58. The van der Waals surface area contributed by atoms with Crippen LogP contribution in [0.3, 0.4) is 0 Å². The SMILES string of the molecule is CCCCCN(CCC12CC3CC(CC(C3)C1)C2)C(=O)N(C)c1ccccn1. The van der Waals surface area contributed by atoms with E-state index in [2.05, 4.69) is 16.8 Å². The van der Waals surface area contributed by atoms with Crippen molar-refractivity contribution in [2.24, 2.45) is 23.2 Å². The van der Waals surface area contributed by atoms with Gasteiger partial charge in [0.15, 0.2) is 0 Å². The average molecular weight is 384 g/mol. The molecule has 28 heavy (non-hydrogen) atoms. The van der Waals surface area contributed by atoms with Crippen LogP contribution >= 0.6 is 0 Å². The molecule has 4 aliphatic carbocycles. The van der Waals surface area contributed by atoms with Crippen LogP contribution in [0.2, 0.25) is 0 Å². The first kappa shape index (κ1) is 19.7. The van der Waals surface area contributed by atoms with Crippen LogP contribution in [0.15, 0.2) is 24.4 Å². The van der Waals surface area contributed by atoms with Crippen LogP contribution in [-0.2, 0) is 0 Å². The molecule has 154 valence electrons. The summed E-state index contributed by atoms with van der Waals surface area (Å²) in [7, 11) is 1.86. The minimum absolute atomic E-state index is 0.111. The predicted octanol–water partition coefficient (Wildman–Crippen LogP) is 5.74. The third kappa shape index (κ3) is 4.21. The molecule has 4 heteroatoms. The summed E-state index contributed by atoms with van der Waals surface area (Å²) < 4.78 is 0. The molecule has 5 rings (SSSR count). The smallest absolute Gasteiger partial charge is 0.324 e. The van der Waals surface area contributed by atoms with Crippen molar-refractivity contribution < 1.29 is 4.79 Å². The highest BCUT2D eigenvalue weighted by Gasteiger charge is 2.50. The van der Waals surface area contributed by atoms with Crippen molar-refractivity contribution in [2.45, 2.75) is 71.1 Å². The molecule has 4 bridgehead atoms. The molecule has 0 N–H and O–H groups in total. The van der Waals surface area contributed by atoms with Crippen LogP contribution in [0, 0.1) is 23.2 Å². The lowest BCUT2D eigenvalue weighted by Gasteiger charge is -2.57. The molecular formula is C24H37N3O. The van der Waals surface area contributed by atoms with E-state index in [1.165, 1.54) is 57.8 Å². The second-order valence-electron chi connectivity index (χ2n) is 9.89. The molecule has 0 aliphatic heterocycles. The van der Waals surface area contributed by atoms with Crippen LogP contribution in [0.25, 0.3) is 0 Å². The second kappa shape index (κ2) is 8.42. The maximum absolute atomic E-state index is 13.3. The van der Waals surface area contributed by atoms with Crippen LogP contribution in [0.5, 0.6) is 0 Å². The molecule has 4 saturated carbocycles. The zero-order valence-electron chi connectivity index (χ0n) is 17.8. The van der Waals surface area contributed by atoms with Crippen molar-refractivity contribution in [3.8, 4) is 0 Å². The number of anilines is 1. The summed E-state index contributed by atoms with van der Waals surface area (Å²) in [6.07, 6.45) is 15.2. The molecular weight excluding hydrogens is 346 g/mol. The number of urea groups is 1. The summed E-state index contributed by atoms with van der Waals surface area (Å²) in [6.45, 7) is 4.00. The average Bonchev–Trinajstić information content (AvgIpc) is 2.69. The standard InChI is InChI=1S/C24H37N3O/c1-3-4-7-11-27(23(28)26(2)22-8-5-6-10-25-22)12-9-24-16-19-13-20(17-24)15-21(14-19)18-24/h5-6,8,10,19-21H,3-4,7,9,11-18H2,1-2H3. The van der Waals surface area contributed by atoms with Crippen LogP contribution < -0.4 is 4.90 Å². The Balaban J connectivity index is 1.42. The van der Waals surface area contributed by atoms with Crippen molar-refractivity contribution in [1.29, 1.82) is 0 Å². The van der Waals surface area contributed by atoms with Crippen molar-refractivity contribution >= 4 is 11.8 Å². The van der Waals surface area contributed by atoms with Crippen LogP contribution in [0.4, 0.5) is 10.6 Å². The van der Waals surface area contributed by atoms with E-state index in [1.807, 2.05) is 25.2 Å². The monoisotopic (exact) mass is 383 g/mol. The molecule has 4 fully saturated rings.